The highest BCUT2D eigenvalue weighted by atomic mass is 32.2. The maximum Gasteiger partial charge on any atom is 0.167 e. The van der Waals surface area contributed by atoms with Crippen molar-refractivity contribution in [1.82, 2.24) is 4.90 Å². The first kappa shape index (κ1) is 11.5. The summed E-state index contributed by atoms with van der Waals surface area (Å²) in [6, 6.07) is 7.21. The van der Waals surface area contributed by atoms with Gasteiger partial charge in [0, 0.05) is 12.3 Å². The van der Waals surface area contributed by atoms with E-state index in [1.807, 2.05) is 28.8 Å². The second-order valence-electron chi connectivity index (χ2n) is 3.87. The normalized spacial score (nSPS) is 24.7. The fourth-order valence-corrected chi connectivity index (χ4v) is 3.61. The van der Waals surface area contributed by atoms with Gasteiger partial charge in [-0.3, -0.25) is 0 Å². The molecule has 1 fully saturated rings. The Balaban J connectivity index is 2.37. The first-order valence-corrected chi connectivity index (χ1v) is 6.44. The van der Waals surface area contributed by atoms with E-state index in [1.54, 1.807) is 12.1 Å². The zero-order valence-electron chi connectivity index (χ0n) is 9.01. The zero-order valence-corrected chi connectivity index (χ0v) is 10.6. The molecule has 1 aliphatic rings. The van der Waals surface area contributed by atoms with Crippen LogP contribution in [0, 0.1) is 0 Å². The lowest BCUT2D eigenvalue weighted by Crippen LogP contribution is -2.44. The van der Waals surface area contributed by atoms with Gasteiger partial charge in [-0.2, -0.15) is 0 Å². The molecule has 0 saturated carbocycles. The van der Waals surface area contributed by atoms with E-state index >= 15 is 0 Å². The number of nitrogens with zero attached hydrogens (tertiary/aromatic N) is 1. The maximum atomic E-state index is 9.29. The highest BCUT2D eigenvalue weighted by Gasteiger charge is 2.39. The van der Waals surface area contributed by atoms with Crippen molar-refractivity contribution in [1.29, 1.82) is 0 Å². The molecule has 1 unspecified atom stereocenters. The van der Waals surface area contributed by atoms with Crippen LogP contribution in [0.4, 0.5) is 0 Å². The largest absolute Gasteiger partial charge is 0.508 e. The van der Waals surface area contributed by atoms with Crippen molar-refractivity contribution in [2.45, 2.75) is 11.8 Å². The number of benzene rings is 1. The van der Waals surface area contributed by atoms with Crippen molar-refractivity contribution in [3.05, 3.63) is 29.8 Å². The Bertz CT molecular complexity index is 407. The van der Waals surface area contributed by atoms with E-state index < -0.39 is 0 Å². The van der Waals surface area contributed by atoms with Crippen LogP contribution in [0.3, 0.4) is 0 Å². The summed E-state index contributed by atoms with van der Waals surface area (Å²) in [6.07, 6.45) is 0. The third-order valence-electron chi connectivity index (χ3n) is 2.88. The second kappa shape index (κ2) is 4.14. The molecule has 1 saturated heterocycles. The average molecular weight is 254 g/mol. The van der Waals surface area contributed by atoms with Gasteiger partial charge in [0.05, 0.1) is 0 Å². The Morgan fingerprint density at radius 2 is 2.12 bits per heavy atom. The molecule has 1 aliphatic heterocycles. The van der Waals surface area contributed by atoms with Gasteiger partial charge >= 0.3 is 0 Å². The Labute approximate surface area is 105 Å². The van der Waals surface area contributed by atoms with E-state index in [0.717, 1.165) is 17.9 Å². The Morgan fingerprint density at radius 3 is 2.69 bits per heavy atom. The molecular weight excluding hydrogens is 240 g/mol. The summed E-state index contributed by atoms with van der Waals surface area (Å²) in [5.41, 5.74) is 6.85. The monoisotopic (exact) mass is 254 g/mol. The number of thiocarbonyl (C=S) groups is 1. The molecule has 0 spiro atoms. The van der Waals surface area contributed by atoms with Crippen LogP contribution in [0.2, 0.25) is 0 Å². The predicted molar refractivity (Wildman–Crippen MR) is 71.4 cm³/mol. The summed E-state index contributed by atoms with van der Waals surface area (Å²) in [6.45, 7) is 2.98. The van der Waals surface area contributed by atoms with Crippen LogP contribution in [-0.2, 0) is 4.87 Å². The van der Waals surface area contributed by atoms with Crippen molar-refractivity contribution >= 4 is 29.1 Å². The molecule has 2 rings (SSSR count). The van der Waals surface area contributed by atoms with Gasteiger partial charge in [0.25, 0.3) is 0 Å². The Hall–Kier alpha value is -0.940. The molecule has 0 aliphatic carbocycles. The first-order valence-electron chi connectivity index (χ1n) is 5.04. The van der Waals surface area contributed by atoms with Gasteiger partial charge in [-0.25, -0.2) is 0 Å². The van der Waals surface area contributed by atoms with E-state index in [0.29, 0.717) is 5.11 Å². The lowest BCUT2D eigenvalue weighted by atomic mass is 10.1. The highest BCUT2D eigenvalue weighted by molar-refractivity contribution is 8.00. The molecule has 1 aromatic rings. The number of phenols is 1. The lowest BCUT2D eigenvalue weighted by molar-refractivity contribution is 0.339. The van der Waals surface area contributed by atoms with Crippen molar-refractivity contribution in [3.8, 4) is 5.75 Å². The molecule has 0 amide bonds. The molecule has 0 radical (unpaired) electrons. The fourth-order valence-electron chi connectivity index (χ4n) is 1.96. The highest BCUT2D eigenvalue weighted by Crippen LogP contribution is 2.44. The van der Waals surface area contributed by atoms with Crippen LogP contribution in [0.15, 0.2) is 24.3 Å². The standard InChI is InChI=1S/C11H14N2OS2/c1-11(8-2-4-9(14)5-3-8)13(10(12)15)6-7-16-11/h2-5,14H,6-7H2,1H3,(H2,12,15). The van der Waals surface area contributed by atoms with Gasteiger partial charge in [-0.1, -0.05) is 12.1 Å². The third-order valence-corrected chi connectivity index (χ3v) is 4.51. The topological polar surface area (TPSA) is 49.5 Å². The zero-order chi connectivity index (χ0) is 11.8. The van der Waals surface area contributed by atoms with Crippen molar-refractivity contribution < 1.29 is 5.11 Å². The summed E-state index contributed by atoms with van der Waals surface area (Å²) < 4.78 is 0. The van der Waals surface area contributed by atoms with Gasteiger partial charge in [-0.15, -0.1) is 11.8 Å². The Kier molecular flexibility index (Phi) is 2.99. The molecule has 3 N–H and O–H groups in total. The molecule has 16 heavy (non-hydrogen) atoms. The molecule has 0 bridgehead atoms. The minimum absolute atomic E-state index is 0.209. The summed E-state index contributed by atoms with van der Waals surface area (Å²) in [5, 5.41) is 9.72. The first-order chi connectivity index (χ1) is 7.54. The minimum atomic E-state index is -0.209. The number of thioether (sulfide) groups is 1. The van der Waals surface area contributed by atoms with Gasteiger partial charge in [0.15, 0.2) is 5.11 Å². The maximum absolute atomic E-state index is 9.29. The van der Waals surface area contributed by atoms with Crippen LogP contribution in [0.25, 0.3) is 0 Å². The third kappa shape index (κ3) is 1.85. The summed E-state index contributed by atoms with van der Waals surface area (Å²) in [7, 11) is 0. The van der Waals surface area contributed by atoms with Crippen molar-refractivity contribution in [2.75, 3.05) is 12.3 Å². The number of aromatic hydroxyl groups is 1. The van der Waals surface area contributed by atoms with E-state index in [4.69, 9.17) is 18.0 Å². The molecule has 5 heteroatoms. The van der Waals surface area contributed by atoms with E-state index in [-0.39, 0.29) is 10.6 Å². The number of hydrogen-bond acceptors (Lipinski definition) is 3. The van der Waals surface area contributed by atoms with Gasteiger partial charge < -0.3 is 15.7 Å². The van der Waals surface area contributed by atoms with E-state index in [1.165, 1.54) is 0 Å². The van der Waals surface area contributed by atoms with Gasteiger partial charge in [-0.05, 0) is 36.8 Å². The number of nitrogens with two attached hydrogens (primary N) is 1. The van der Waals surface area contributed by atoms with Crippen molar-refractivity contribution in [2.24, 2.45) is 5.73 Å². The van der Waals surface area contributed by atoms with E-state index in [2.05, 4.69) is 6.92 Å². The molecule has 3 nitrogen and oxygen atoms in total. The lowest BCUT2D eigenvalue weighted by Gasteiger charge is -2.35. The number of hydrogen-bond donors (Lipinski definition) is 2. The average Bonchev–Trinajstić information content (AvgIpc) is 2.62. The Morgan fingerprint density at radius 1 is 1.50 bits per heavy atom. The van der Waals surface area contributed by atoms with E-state index in [9.17, 15) is 5.11 Å². The minimum Gasteiger partial charge on any atom is -0.508 e. The van der Waals surface area contributed by atoms with Crippen LogP contribution >= 0.6 is 24.0 Å². The quantitative estimate of drug-likeness (QED) is 0.749. The van der Waals surface area contributed by atoms with Crippen LogP contribution in [-0.4, -0.2) is 27.4 Å². The van der Waals surface area contributed by atoms with Crippen LogP contribution < -0.4 is 5.73 Å². The van der Waals surface area contributed by atoms with Gasteiger partial charge in [0.2, 0.25) is 0 Å². The van der Waals surface area contributed by atoms with Crippen molar-refractivity contribution in [3.63, 3.8) is 0 Å². The fraction of sp³-hybridized carbons (Fsp3) is 0.364. The smallest absolute Gasteiger partial charge is 0.167 e. The second-order valence-corrected chi connectivity index (χ2v) is 5.78. The molecule has 0 aromatic heterocycles. The molecular formula is C11H14N2OS2. The van der Waals surface area contributed by atoms with Crippen LogP contribution in [0.1, 0.15) is 12.5 Å². The predicted octanol–water partition coefficient (Wildman–Crippen LogP) is 1.86. The SMILES string of the molecule is CC1(c2ccc(O)cc2)SCCN1C(N)=S. The molecule has 1 atom stereocenters. The summed E-state index contributed by atoms with van der Waals surface area (Å²) >= 11 is 6.89. The summed E-state index contributed by atoms with van der Waals surface area (Å²) in [4.78, 5) is 1.82. The molecule has 1 aromatic carbocycles. The number of rotatable bonds is 1. The molecule has 86 valence electrons. The van der Waals surface area contributed by atoms with Crippen LogP contribution in [0.5, 0.6) is 5.75 Å². The number of phenolic OH excluding ortho intramolecular Hbond substituents is 1. The molecule has 1 heterocycles. The van der Waals surface area contributed by atoms with Gasteiger partial charge in [0.1, 0.15) is 10.6 Å². The summed E-state index contributed by atoms with van der Waals surface area (Å²) in [5.74, 6) is 1.28.